The Bertz CT molecular complexity index is 2590. The molecule has 2 aromatic heterocycles. The van der Waals surface area contributed by atoms with E-state index < -0.39 is 42.1 Å². The average molecular weight is 969 g/mol. The van der Waals surface area contributed by atoms with Crippen molar-refractivity contribution in [2.24, 2.45) is 11.8 Å². The van der Waals surface area contributed by atoms with Crippen LogP contribution in [0.5, 0.6) is 0 Å². The number of benzene rings is 3. The summed E-state index contributed by atoms with van der Waals surface area (Å²) in [4.78, 5) is 76.3. The molecule has 0 bridgehead atoms. The number of piperidine rings is 1. The molecule has 5 aromatic rings. The molecule has 0 saturated carbocycles. The van der Waals surface area contributed by atoms with Crippen molar-refractivity contribution in [2.45, 2.75) is 121 Å². The number of H-pyrrole nitrogens is 2. The molecule has 0 unspecified atom stereocenters. The van der Waals surface area contributed by atoms with Crippen molar-refractivity contribution in [1.29, 1.82) is 0 Å². The van der Waals surface area contributed by atoms with Crippen LogP contribution in [0.2, 0.25) is 0 Å². The lowest BCUT2D eigenvalue weighted by Gasteiger charge is -2.35. The van der Waals surface area contributed by atoms with Crippen molar-refractivity contribution in [2.75, 3.05) is 50.2 Å². The molecule has 0 aliphatic carbocycles. The number of aromatic amines is 2. The molecule has 4 amide bonds. The van der Waals surface area contributed by atoms with Gasteiger partial charge >= 0.3 is 12.2 Å². The number of amides is 4. The van der Waals surface area contributed by atoms with Gasteiger partial charge in [-0.15, -0.1) is 0 Å². The van der Waals surface area contributed by atoms with Crippen LogP contribution in [0.25, 0.3) is 22.1 Å². The van der Waals surface area contributed by atoms with Crippen LogP contribution < -0.4 is 20.4 Å². The number of nitrogens with zero attached hydrogens (tertiary/aromatic N) is 6. The number of fused-ring (bicyclic) bond motifs is 2. The maximum Gasteiger partial charge on any atom is 0.407 e. The number of alkyl carbamates (subject to hydrolysis) is 2. The van der Waals surface area contributed by atoms with Gasteiger partial charge in [-0.25, -0.2) is 32.7 Å². The van der Waals surface area contributed by atoms with Crippen LogP contribution in [0.15, 0.2) is 48.5 Å². The van der Waals surface area contributed by atoms with Crippen molar-refractivity contribution in [3.63, 3.8) is 0 Å². The summed E-state index contributed by atoms with van der Waals surface area (Å²) >= 11 is 0. The summed E-state index contributed by atoms with van der Waals surface area (Å²) in [6.07, 6.45) is 2.23. The molecule has 70 heavy (non-hydrogen) atoms. The summed E-state index contributed by atoms with van der Waals surface area (Å²) < 4.78 is 56.6. The van der Waals surface area contributed by atoms with E-state index in [9.17, 15) is 23.6 Å². The highest BCUT2D eigenvalue weighted by atomic mass is 19.1. The quantitative estimate of drug-likeness (QED) is 0.0944. The standard InChI is InChI=1S/C51H63F3N10O6/c1-27(2)43(59-50(67)69-5)48(65)62-19-7-9-41(62)46-55-35-13-11-29(23-37(35)57-46)39-15-16-40(64(39)32-25-33(53)45(34(54)26-32)61-21-17-31(52)18-22-61)30-12-14-36-38(24-30)58-47(56-36)42-10-8-20-63(42)49(66)44(28(3)4)60-51(68)70-6/h11-14,23-28,31,39-44H,7-10,15-22H2,1-6H3,(H,55,57)(H,56,58)(H,59,67)(H,60,68)/t39-,40-,41+,42+,43+,44+/m1/s1. The Morgan fingerprint density at radius 3 is 1.49 bits per heavy atom. The van der Waals surface area contributed by atoms with Gasteiger partial charge in [0.2, 0.25) is 11.8 Å². The van der Waals surface area contributed by atoms with Gasteiger partial charge in [-0.2, -0.15) is 0 Å². The number of imidazole rings is 2. The highest BCUT2D eigenvalue weighted by Crippen LogP contribution is 2.49. The molecule has 3 aromatic carbocycles. The smallest absolute Gasteiger partial charge is 0.407 e. The van der Waals surface area contributed by atoms with Gasteiger partial charge in [0, 0.05) is 31.9 Å². The highest BCUT2D eigenvalue weighted by Gasteiger charge is 2.41. The van der Waals surface area contributed by atoms with Gasteiger partial charge in [-0.1, -0.05) is 39.8 Å². The van der Waals surface area contributed by atoms with Gasteiger partial charge in [0.15, 0.2) is 11.6 Å². The van der Waals surface area contributed by atoms with Gasteiger partial charge < -0.3 is 49.7 Å². The van der Waals surface area contributed by atoms with E-state index in [0.717, 1.165) is 35.0 Å². The zero-order valence-corrected chi connectivity index (χ0v) is 40.6. The van der Waals surface area contributed by atoms with E-state index in [1.54, 1.807) is 14.7 Å². The molecule has 4 fully saturated rings. The minimum Gasteiger partial charge on any atom is -0.453 e. The lowest BCUT2D eigenvalue weighted by Crippen LogP contribution is -2.51. The van der Waals surface area contributed by atoms with Crippen LogP contribution in [0.1, 0.15) is 126 Å². The van der Waals surface area contributed by atoms with E-state index in [1.165, 1.54) is 26.4 Å². The largest absolute Gasteiger partial charge is 0.453 e. The first-order valence-electron chi connectivity index (χ1n) is 24.6. The van der Waals surface area contributed by atoms with E-state index in [2.05, 4.69) is 25.5 Å². The molecule has 9 rings (SSSR count). The molecule has 374 valence electrons. The van der Waals surface area contributed by atoms with Crippen LogP contribution in [0.4, 0.5) is 34.1 Å². The third kappa shape index (κ3) is 9.42. The average Bonchev–Trinajstić information content (AvgIpc) is 4.20. The molecular weight excluding hydrogens is 906 g/mol. The fourth-order valence-corrected chi connectivity index (χ4v) is 11.1. The molecule has 0 radical (unpaired) electrons. The number of alkyl halides is 1. The topological polar surface area (TPSA) is 181 Å². The fourth-order valence-electron chi connectivity index (χ4n) is 11.1. The third-order valence-electron chi connectivity index (χ3n) is 14.7. The van der Waals surface area contributed by atoms with E-state index in [4.69, 9.17) is 19.4 Å². The monoisotopic (exact) mass is 968 g/mol. The van der Waals surface area contributed by atoms with Crippen LogP contribution in [-0.2, 0) is 19.1 Å². The summed E-state index contributed by atoms with van der Waals surface area (Å²) in [6.45, 7) is 8.93. The molecule has 0 spiro atoms. The molecule has 16 nitrogen and oxygen atoms in total. The number of nitrogens with one attached hydrogen (secondary N) is 4. The van der Waals surface area contributed by atoms with E-state index in [-0.39, 0.29) is 79.4 Å². The van der Waals surface area contributed by atoms with Crippen molar-refractivity contribution < 1.29 is 41.8 Å². The van der Waals surface area contributed by atoms with E-state index in [1.807, 2.05) is 64.1 Å². The Morgan fingerprint density at radius 2 is 1.07 bits per heavy atom. The van der Waals surface area contributed by atoms with Crippen LogP contribution in [-0.4, -0.2) is 112 Å². The van der Waals surface area contributed by atoms with Crippen molar-refractivity contribution in [3.8, 4) is 0 Å². The van der Waals surface area contributed by atoms with Gasteiger partial charge in [-0.3, -0.25) is 9.59 Å². The fraction of sp³-hybridized carbons (Fsp3) is 0.529. The maximum atomic E-state index is 16.4. The summed E-state index contributed by atoms with van der Waals surface area (Å²) in [5.74, 6) is -0.952. The van der Waals surface area contributed by atoms with Crippen LogP contribution >= 0.6 is 0 Å². The lowest BCUT2D eigenvalue weighted by atomic mass is 10.0. The normalized spacial score (nSPS) is 21.9. The first kappa shape index (κ1) is 48.5. The van der Waals surface area contributed by atoms with Gasteiger partial charge in [0.25, 0.3) is 0 Å². The van der Waals surface area contributed by atoms with Gasteiger partial charge in [0.1, 0.15) is 35.6 Å². The van der Waals surface area contributed by atoms with E-state index >= 15 is 8.78 Å². The predicted octanol–water partition coefficient (Wildman–Crippen LogP) is 8.83. The number of rotatable bonds is 12. The Morgan fingerprint density at radius 1 is 0.629 bits per heavy atom. The molecule has 4 aliphatic heterocycles. The Kier molecular flexibility index (Phi) is 13.9. The van der Waals surface area contributed by atoms with E-state index in [0.29, 0.717) is 67.1 Å². The predicted molar refractivity (Wildman–Crippen MR) is 258 cm³/mol. The number of hydrogen-bond acceptors (Lipinski definition) is 10. The van der Waals surface area contributed by atoms with Crippen molar-refractivity contribution in [3.05, 3.63) is 82.9 Å². The maximum absolute atomic E-state index is 16.4. The number of methoxy groups -OCH3 is 2. The zero-order chi connectivity index (χ0) is 49.5. The summed E-state index contributed by atoms with van der Waals surface area (Å²) in [7, 11) is 2.53. The molecule has 6 heterocycles. The molecular formula is C51H63F3N10O6. The highest BCUT2D eigenvalue weighted by molar-refractivity contribution is 5.88. The van der Waals surface area contributed by atoms with Gasteiger partial charge in [0.05, 0.1) is 60.5 Å². The lowest BCUT2D eigenvalue weighted by molar-refractivity contribution is -0.136. The molecule has 4 N–H and O–H groups in total. The number of likely N-dealkylation sites (tertiary alicyclic amines) is 2. The summed E-state index contributed by atoms with van der Waals surface area (Å²) in [6, 6.07) is 11.8. The van der Waals surface area contributed by atoms with Gasteiger partial charge in [-0.05, 0) is 111 Å². The summed E-state index contributed by atoms with van der Waals surface area (Å²) in [5.41, 5.74) is 4.92. The minimum atomic E-state index is -1.00. The summed E-state index contributed by atoms with van der Waals surface area (Å²) in [5, 5.41) is 5.40. The first-order chi connectivity index (χ1) is 33.6. The Hall–Kier alpha value is -6.53. The Balaban J connectivity index is 1.04. The third-order valence-corrected chi connectivity index (χ3v) is 14.7. The van der Waals surface area contributed by atoms with Crippen LogP contribution in [0, 0.1) is 23.5 Å². The number of carbonyl (C=O) groups excluding carboxylic acids is 4. The number of hydrogen-bond donors (Lipinski definition) is 4. The molecule has 4 aliphatic rings. The second kappa shape index (κ2) is 20.1. The Labute approximate surface area is 405 Å². The SMILES string of the molecule is COC(=O)N[C@H](C(=O)N1CCC[C@H]1c1nc2ccc([C@H]3CC[C@H](c4ccc5nc([C@@H]6CCCN6C(=O)[C@@H](NC(=O)OC)C(C)C)[nH]c5c4)N3c3cc(F)c(N4CCC(F)CC4)c(F)c3)cc2[nH]1)C(C)C. The minimum absolute atomic E-state index is 0.152. The van der Waals surface area contributed by atoms with Crippen molar-refractivity contribution in [1.82, 2.24) is 40.4 Å². The zero-order valence-electron chi connectivity index (χ0n) is 40.6. The second-order valence-electron chi connectivity index (χ2n) is 19.8. The number of halogens is 3. The second-order valence-corrected chi connectivity index (χ2v) is 19.8. The number of anilines is 2. The number of ether oxygens (including phenoxy) is 2. The first-order valence-corrected chi connectivity index (χ1v) is 24.6. The van der Waals surface area contributed by atoms with Crippen molar-refractivity contribution >= 4 is 57.4 Å². The number of carbonyl (C=O) groups is 4. The number of aromatic nitrogens is 4. The molecule has 4 saturated heterocycles. The molecule has 6 atom stereocenters. The van der Waals surface area contributed by atoms with Crippen LogP contribution in [0.3, 0.4) is 0 Å². The molecule has 19 heteroatoms.